The van der Waals surface area contributed by atoms with E-state index in [2.05, 4.69) is 40.2 Å². The molecule has 72 valence electrons. The van der Waals surface area contributed by atoms with Gasteiger partial charge in [-0.05, 0) is 0 Å². The molecular weight excluding hydrogens is 132 g/mol. The smallest absolute Gasteiger partial charge is 0.0590 e. The Morgan fingerprint density at radius 3 is 0.636 bits per heavy atom. The summed E-state index contributed by atoms with van der Waals surface area (Å²) in [6, 6.07) is 0. The molecule has 0 rings (SSSR count). The van der Waals surface area contributed by atoms with Crippen LogP contribution in [-0.2, 0) is 0 Å². The first-order valence-corrected chi connectivity index (χ1v) is 4.41. The Balaban J connectivity index is -0.0000000139. The second-order valence-electron chi connectivity index (χ2n) is 0.707. The topological polar surface area (TPSA) is 0 Å². The normalized spacial score (nSPS) is 3.45. The molecule has 0 N–H and O–H groups in total. The molecule has 0 heteroatoms. The van der Waals surface area contributed by atoms with Gasteiger partial charge >= 0.3 is 0 Å². The molecule has 0 saturated heterocycles. The highest BCUT2D eigenvalue weighted by Crippen LogP contribution is 1.56. The van der Waals surface area contributed by atoms with E-state index in [-0.39, 0.29) is 0 Å². The van der Waals surface area contributed by atoms with E-state index in [1.54, 1.807) is 0 Å². The zero-order chi connectivity index (χ0) is 10.7. The largest absolute Gasteiger partial charge is 0.106 e. The van der Waals surface area contributed by atoms with E-state index in [4.69, 9.17) is 0 Å². The van der Waals surface area contributed by atoms with Gasteiger partial charge in [-0.25, -0.2) is 0 Å². The summed E-state index contributed by atoms with van der Waals surface area (Å²) in [5, 5.41) is 0. The van der Waals surface area contributed by atoms with Crippen LogP contribution >= 0.6 is 0 Å². The molecule has 0 nitrogen and oxygen atoms in total. The number of rotatable bonds is 0. The highest BCUT2D eigenvalue weighted by Gasteiger charge is 1.35. The van der Waals surface area contributed by atoms with Crippen molar-refractivity contribution in [2.75, 3.05) is 0 Å². The number of hydrogen-bond donors (Lipinski definition) is 0. The van der Waals surface area contributed by atoms with Crippen LogP contribution in [0.15, 0.2) is 26.3 Å². The van der Waals surface area contributed by atoms with Crippen molar-refractivity contribution in [2.45, 2.75) is 48.0 Å². The summed E-state index contributed by atoms with van der Waals surface area (Å²) >= 11 is 0. The van der Waals surface area contributed by atoms with Crippen molar-refractivity contribution in [1.29, 1.82) is 0 Å². The lowest BCUT2D eigenvalue weighted by Gasteiger charge is -1.48. The summed E-state index contributed by atoms with van der Waals surface area (Å²) in [5.74, 6) is 0. The Hall–Kier alpha value is -0.520. The summed E-state index contributed by atoms with van der Waals surface area (Å²) in [4.78, 5) is 0. The lowest BCUT2D eigenvalue weighted by molar-refractivity contribution is 1.09. The van der Waals surface area contributed by atoms with E-state index < -0.39 is 0 Å². The minimum atomic E-state index is 1.25. The van der Waals surface area contributed by atoms with Crippen molar-refractivity contribution in [2.24, 2.45) is 0 Å². The molecule has 0 amide bonds. The van der Waals surface area contributed by atoms with E-state index in [9.17, 15) is 0 Å². The molecule has 0 unspecified atom stereocenters. The molecule has 0 fully saturated rings. The van der Waals surface area contributed by atoms with Crippen LogP contribution < -0.4 is 0 Å². The predicted molar refractivity (Wildman–Crippen MR) is 61.2 cm³/mol. The van der Waals surface area contributed by atoms with Gasteiger partial charge in [-0.1, -0.05) is 48.0 Å². The molecular formula is C11H28. The molecule has 0 aromatic rings. The lowest BCUT2D eigenvalue weighted by atomic mass is 10.6. The van der Waals surface area contributed by atoms with Crippen molar-refractivity contribution in [3.8, 4) is 0 Å². The summed E-state index contributed by atoms with van der Waals surface area (Å²) in [6.07, 6.45) is 1.25. The zero-order valence-electron chi connectivity index (χ0n) is 9.54. The quantitative estimate of drug-likeness (QED) is 0.434. The van der Waals surface area contributed by atoms with Crippen molar-refractivity contribution >= 4 is 0 Å². The Labute approximate surface area is 75.0 Å². The molecule has 0 bridgehead atoms. The zero-order valence-corrected chi connectivity index (χ0v) is 9.54. The van der Waals surface area contributed by atoms with Crippen molar-refractivity contribution < 1.29 is 0 Å². The van der Waals surface area contributed by atoms with Crippen LogP contribution in [0.5, 0.6) is 0 Å². The van der Waals surface area contributed by atoms with Crippen LogP contribution in [0.4, 0.5) is 0 Å². The fourth-order valence-corrected chi connectivity index (χ4v) is 0. The minimum absolute atomic E-state index is 1.25. The third-order valence-electron chi connectivity index (χ3n) is 0. The molecule has 11 heavy (non-hydrogen) atoms. The summed E-state index contributed by atoms with van der Waals surface area (Å²) in [6.45, 7) is 24.2. The maximum absolute atomic E-state index is 3.00. The van der Waals surface area contributed by atoms with E-state index in [0.29, 0.717) is 0 Å². The van der Waals surface area contributed by atoms with Crippen LogP contribution in [-0.4, -0.2) is 0 Å². The van der Waals surface area contributed by atoms with E-state index in [1.165, 1.54) is 6.42 Å². The van der Waals surface area contributed by atoms with Gasteiger partial charge in [0.2, 0.25) is 0 Å². The maximum Gasteiger partial charge on any atom is -0.0590 e. The van der Waals surface area contributed by atoms with Gasteiger partial charge in [-0.2, -0.15) is 0 Å². The maximum atomic E-state index is 3.00. The highest BCUT2D eigenvalue weighted by molar-refractivity contribution is 4.22. The average Bonchev–Trinajstić information content (AvgIpc) is 2.18. The molecule has 0 aliphatic carbocycles. The van der Waals surface area contributed by atoms with Crippen molar-refractivity contribution in [1.82, 2.24) is 0 Å². The first kappa shape index (κ1) is 31.4. The standard InChI is InChI=1S/C3H8.2C2H6.2C2H4/c1-3-2;4*1-2/h3H2,1-2H3;2*1-2H3;2*1-2H2. The van der Waals surface area contributed by atoms with Crippen LogP contribution in [0.3, 0.4) is 0 Å². The Morgan fingerprint density at radius 1 is 0.636 bits per heavy atom. The second kappa shape index (κ2) is 2960. The predicted octanol–water partition coefficient (Wildman–Crippen LogP) is 5.07. The van der Waals surface area contributed by atoms with Gasteiger partial charge < -0.3 is 0 Å². The minimum Gasteiger partial charge on any atom is -0.106 e. The van der Waals surface area contributed by atoms with E-state index >= 15 is 0 Å². The van der Waals surface area contributed by atoms with E-state index in [0.717, 1.165) is 0 Å². The molecule has 0 radical (unpaired) electrons. The fraction of sp³-hybridized carbons (Fsp3) is 0.636. The molecule has 0 heterocycles. The van der Waals surface area contributed by atoms with Gasteiger partial charge in [0.05, 0.1) is 0 Å². The Kier molecular flexibility index (Phi) is 8440. The van der Waals surface area contributed by atoms with Crippen LogP contribution in [0.1, 0.15) is 48.0 Å². The van der Waals surface area contributed by atoms with Crippen LogP contribution in [0, 0.1) is 0 Å². The molecule has 0 aromatic carbocycles. The molecule has 0 aliphatic rings. The van der Waals surface area contributed by atoms with Gasteiger partial charge in [0.15, 0.2) is 0 Å². The van der Waals surface area contributed by atoms with E-state index in [1.807, 2.05) is 27.7 Å². The first-order valence-electron chi connectivity index (χ1n) is 4.41. The van der Waals surface area contributed by atoms with Gasteiger partial charge in [-0.15, -0.1) is 26.3 Å². The number of hydrogen-bond acceptors (Lipinski definition) is 0. The Bertz CT molecular complexity index is 7.51. The van der Waals surface area contributed by atoms with Crippen LogP contribution in [0.2, 0.25) is 0 Å². The fourth-order valence-electron chi connectivity index (χ4n) is 0. The van der Waals surface area contributed by atoms with Gasteiger partial charge in [0.1, 0.15) is 0 Å². The molecule has 0 aliphatic heterocycles. The monoisotopic (exact) mass is 160 g/mol. The van der Waals surface area contributed by atoms with Crippen LogP contribution in [0.25, 0.3) is 0 Å². The first-order chi connectivity index (χ1) is 5.41. The SMILES string of the molecule is C=C.C=C.CC.CC.CCC. The molecule has 0 atom stereocenters. The third kappa shape index (κ3) is 1960. The second-order valence-corrected chi connectivity index (χ2v) is 0.707. The van der Waals surface area contributed by atoms with Crippen molar-refractivity contribution in [3.63, 3.8) is 0 Å². The third-order valence-corrected chi connectivity index (χ3v) is 0. The van der Waals surface area contributed by atoms with Gasteiger partial charge in [0.25, 0.3) is 0 Å². The summed E-state index contributed by atoms with van der Waals surface area (Å²) in [5.41, 5.74) is 0. The molecule has 0 aromatic heterocycles. The highest BCUT2D eigenvalue weighted by atomic mass is 13.4. The van der Waals surface area contributed by atoms with Gasteiger partial charge in [-0.3, -0.25) is 0 Å². The summed E-state index contributed by atoms with van der Waals surface area (Å²) in [7, 11) is 0. The lowest BCUT2D eigenvalue weighted by Crippen LogP contribution is -1.27. The van der Waals surface area contributed by atoms with Crippen molar-refractivity contribution in [3.05, 3.63) is 26.3 Å². The molecule has 0 spiro atoms. The Morgan fingerprint density at radius 2 is 0.636 bits per heavy atom. The van der Waals surface area contributed by atoms with Gasteiger partial charge in [0, 0.05) is 0 Å². The summed E-state index contributed by atoms with van der Waals surface area (Å²) < 4.78 is 0. The molecule has 0 saturated carbocycles. The average molecular weight is 160 g/mol.